The first-order chi connectivity index (χ1) is 7.18. The third-order valence-corrected chi connectivity index (χ3v) is 4.48. The fourth-order valence-electron chi connectivity index (χ4n) is 2.13. The number of para-hydroxylation sites is 1. The van der Waals surface area contributed by atoms with Gasteiger partial charge in [0.15, 0.2) is 0 Å². The molecule has 0 aromatic heterocycles. The van der Waals surface area contributed by atoms with Crippen LogP contribution in [-0.2, 0) is 14.9 Å². The van der Waals surface area contributed by atoms with E-state index in [1.807, 2.05) is 12.1 Å². The predicted molar refractivity (Wildman–Crippen MR) is 53.1 cm³/mol. The van der Waals surface area contributed by atoms with Crippen LogP contribution in [0.3, 0.4) is 0 Å². The molecular formula is C10H10O4S. The van der Waals surface area contributed by atoms with Gasteiger partial charge in [0.25, 0.3) is 0 Å². The summed E-state index contributed by atoms with van der Waals surface area (Å²) >= 11 is 0. The third-order valence-electron chi connectivity index (χ3n) is 2.84. The van der Waals surface area contributed by atoms with Crippen molar-refractivity contribution in [3.63, 3.8) is 0 Å². The molecule has 3 rings (SSSR count). The Labute approximate surface area is 87.9 Å². The van der Waals surface area contributed by atoms with Crippen LogP contribution in [0.25, 0.3) is 0 Å². The molecule has 0 amide bonds. The first kappa shape index (κ1) is 9.18. The van der Waals surface area contributed by atoms with Gasteiger partial charge in [0.2, 0.25) is 0 Å². The van der Waals surface area contributed by atoms with E-state index in [1.165, 1.54) is 0 Å². The maximum atomic E-state index is 11.7. The molecule has 2 atom stereocenters. The van der Waals surface area contributed by atoms with Gasteiger partial charge in [0, 0.05) is 12.2 Å². The predicted octanol–water partition coefficient (Wildman–Crippen LogP) is 1.24. The molecule has 1 aromatic rings. The lowest BCUT2D eigenvalue weighted by atomic mass is 10.1. The van der Waals surface area contributed by atoms with Crippen molar-refractivity contribution in [1.82, 2.24) is 0 Å². The highest BCUT2D eigenvalue weighted by atomic mass is 32.2. The van der Waals surface area contributed by atoms with Gasteiger partial charge < -0.3 is 8.92 Å². The summed E-state index contributed by atoms with van der Waals surface area (Å²) in [5, 5.41) is -0.535. The number of rotatable bonds is 0. The molecule has 2 heterocycles. The van der Waals surface area contributed by atoms with Gasteiger partial charge in [-0.2, -0.15) is 8.42 Å². The van der Waals surface area contributed by atoms with Crippen molar-refractivity contribution in [2.75, 3.05) is 6.61 Å². The van der Waals surface area contributed by atoms with Gasteiger partial charge in [0.05, 0.1) is 0 Å². The van der Waals surface area contributed by atoms with E-state index in [2.05, 4.69) is 0 Å². The van der Waals surface area contributed by atoms with E-state index in [0.29, 0.717) is 18.8 Å². The van der Waals surface area contributed by atoms with Crippen LogP contribution in [0.15, 0.2) is 24.3 Å². The second kappa shape index (κ2) is 2.96. The molecule has 1 aromatic carbocycles. The van der Waals surface area contributed by atoms with Crippen LogP contribution < -0.4 is 4.18 Å². The molecule has 1 saturated heterocycles. The Morgan fingerprint density at radius 3 is 2.93 bits per heavy atom. The molecule has 0 bridgehead atoms. The molecule has 5 heteroatoms. The minimum Gasteiger partial charge on any atom is -0.382 e. The molecule has 15 heavy (non-hydrogen) atoms. The van der Waals surface area contributed by atoms with Gasteiger partial charge in [0.1, 0.15) is 17.1 Å². The van der Waals surface area contributed by atoms with Crippen LogP contribution in [0.1, 0.15) is 18.1 Å². The molecule has 2 aliphatic heterocycles. The van der Waals surface area contributed by atoms with Gasteiger partial charge in [-0.25, -0.2) is 0 Å². The highest BCUT2D eigenvalue weighted by Gasteiger charge is 2.46. The molecule has 80 valence electrons. The molecule has 2 aliphatic rings. The summed E-state index contributed by atoms with van der Waals surface area (Å²) in [6, 6.07) is 7.13. The summed E-state index contributed by atoms with van der Waals surface area (Å²) in [6.45, 7) is 0.478. The van der Waals surface area contributed by atoms with Gasteiger partial charge in [-0.05, 0) is 12.5 Å². The smallest absolute Gasteiger partial charge is 0.315 e. The molecule has 0 aliphatic carbocycles. The Balaban J connectivity index is 2.19. The molecule has 0 saturated carbocycles. The second-order valence-electron chi connectivity index (χ2n) is 3.73. The largest absolute Gasteiger partial charge is 0.382 e. The topological polar surface area (TPSA) is 52.6 Å². The summed E-state index contributed by atoms with van der Waals surface area (Å²) in [6.07, 6.45) is 0.168. The van der Waals surface area contributed by atoms with Gasteiger partial charge in [-0.3, -0.25) is 0 Å². The van der Waals surface area contributed by atoms with Crippen molar-refractivity contribution in [2.24, 2.45) is 0 Å². The van der Waals surface area contributed by atoms with Crippen molar-refractivity contribution >= 4 is 10.1 Å². The van der Waals surface area contributed by atoms with Crippen LogP contribution in [0.2, 0.25) is 0 Å². The van der Waals surface area contributed by atoms with Crippen molar-refractivity contribution in [1.29, 1.82) is 0 Å². The zero-order valence-electron chi connectivity index (χ0n) is 7.92. The highest BCUT2D eigenvalue weighted by molar-refractivity contribution is 7.87. The average Bonchev–Trinajstić information content (AvgIpc) is 2.66. The molecule has 4 nitrogen and oxygen atoms in total. The van der Waals surface area contributed by atoms with Crippen LogP contribution in [0.5, 0.6) is 5.75 Å². The third kappa shape index (κ3) is 1.27. The first-order valence-corrected chi connectivity index (χ1v) is 6.29. The number of ether oxygens (including phenoxy) is 1. The van der Waals surface area contributed by atoms with Gasteiger partial charge in [-0.15, -0.1) is 0 Å². The monoisotopic (exact) mass is 226 g/mol. The van der Waals surface area contributed by atoms with E-state index in [-0.39, 0.29) is 6.10 Å². The standard InChI is InChI=1S/C10H10O4S/c11-15(12)9-5-6-13-10(9)7-3-1-2-4-8(7)14-15/h1-4,9-10H,5-6H2. The van der Waals surface area contributed by atoms with E-state index in [1.54, 1.807) is 12.1 Å². The highest BCUT2D eigenvalue weighted by Crippen LogP contribution is 2.43. The number of hydrogen-bond acceptors (Lipinski definition) is 4. The van der Waals surface area contributed by atoms with Crippen molar-refractivity contribution in [3.8, 4) is 5.75 Å². The van der Waals surface area contributed by atoms with E-state index in [0.717, 1.165) is 5.56 Å². The lowest BCUT2D eigenvalue weighted by Gasteiger charge is -2.26. The van der Waals surface area contributed by atoms with Crippen molar-refractivity contribution < 1.29 is 17.3 Å². The van der Waals surface area contributed by atoms with Crippen LogP contribution >= 0.6 is 0 Å². The van der Waals surface area contributed by atoms with Crippen LogP contribution in [0.4, 0.5) is 0 Å². The molecule has 1 fully saturated rings. The van der Waals surface area contributed by atoms with E-state index in [4.69, 9.17) is 8.92 Å². The fourth-order valence-corrected chi connectivity index (χ4v) is 3.57. The van der Waals surface area contributed by atoms with E-state index in [9.17, 15) is 8.42 Å². The zero-order chi connectivity index (χ0) is 10.5. The zero-order valence-corrected chi connectivity index (χ0v) is 8.74. The Morgan fingerprint density at radius 1 is 1.27 bits per heavy atom. The van der Waals surface area contributed by atoms with Crippen LogP contribution in [0, 0.1) is 0 Å². The molecule has 0 spiro atoms. The average molecular weight is 226 g/mol. The van der Waals surface area contributed by atoms with Crippen molar-refractivity contribution in [3.05, 3.63) is 29.8 Å². The summed E-state index contributed by atoms with van der Waals surface area (Å²) in [4.78, 5) is 0. The summed E-state index contributed by atoms with van der Waals surface area (Å²) < 4.78 is 33.9. The van der Waals surface area contributed by atoms with Crippen molar-refractivity contribution in [2.45, 2.75) is 17.8 Å². The molecular weight excluding hydrogens is 216 g/mol. The Hall–Kier alpha value is -1.07. The second-order valence-corrected chi connectivity index (χ2v) is 5.49. The quantitative estimate of drug-likeness (QED) is 0.624. The Bertz CT molecular complexity index is 494. The SMILES string of the molecule is O=S1(=O)Oc2ccccc2C2OCCC21. The maximum absolute atomic E-state index is 11.7. The molecule has 2 unspecified atom stereocenters. The minimum absolute atomic E-state index is 0.347. The van der Waals surface area contributed by atoms with E-state index >= 15 is 0 Å². The number of fused-ring (bicyclic) bond motifs is 3. The first-order valence-electron chi connectivity index (χ1n) is 4.82. The Kier molecular flexibility index (Phi) is 1.81. The lowest BCUT2D eigenvalue weighted by Crippen LogP contribution is -2.33. The summed E-state index contributed by atoms with van der Waals surface area (Å²) in [7, 11) is -3.50. The number of hydrogen-bond donors (Lipinski definition) is 0. The minimum atomic E-state index is -3.50. The van der Waals surface area contributed by atoms with Gasteiger partial charge in [-0.1, -0.05) is 18.2 Å². The number of benzene rings is 1. The molecule has 0 radical (unpaired) electrons. The van der Waals surface area contributed by atoms with E-state index < -0.39 is 15.4 Å². The lowest BCUT2D eigenvalue weighted by molar-refractivity contribution is 0.107. The van der Waals surface area contributed by atoms with Gasteiger partial charge >= 0.3 is 10.1 Å². The fraction of sp³-hybridized carbons (Fsp3) is 0.400. The molecule has 0 N–H and O–H groups in total. The summed E-state index contributed by atoms with van der Waals surface area (Å²) in [5.74, 6) is 0.403. The van der Waals surface area contributed by atoms with Crippen LogP contribution in [-0.4, -0.2) is 20.3 Å². The Morgan fingerprint density at radius 2 is 2.07 bits per heavy atom. The normalized spacial score (nSPS) is 31.5. The maximum Gasteiger partial charge on any atom is 0.315 e. The summed E-state index contributed by atoms with van der Waals surface area (Å²) in [5.41, 5.74) is 0.842.